The molecule has 0 radical (unpaired) electrons. The number of aromatic nitrogens is 2. The summed E-state index contributed by atoms with van der Waals surface area (Å²) in [6, 6.07) is 0.327. The van der Waals surface area contributed by atoms with Gasteiger partial charge < -0.3 is 4.74 Å². The second-order valence-electron chi connectivity index (χ2n) is 5.25. The first kappa shape index (κ1) is 12.1. The van der Waals surface area contributed by atoms with Gasteiger partial charge in [0.15, 0.2) is 5.75 Å². The lowest BCUT2D eigenvalue weighted by molar-refractivity contribution is -0.150. The maximum atomic E-state index is 11.6. The predicted octanol–water partition coefficient (Wildman–Crippen LogP) is 2.60. The molecule has 1 aliphatic carbocycles. The van der Waals surface area contributed by atoms with Crippen LogP contribution in [0.25, 0.3) is 0 Å². The van der Waals surface area contributed by atoms with Crippen LogP contribution in [0.15, 0.2) is 12.4 Å². The van der Waals surface area contributed by atoms with Gasteiger partial charge in [0.1, 0.15) is 11.9 Å². The van der Waals surface area contributed by atoms with Crippen molar-refractivity contribution < 1.29 is 9.53 Å². The average Bonchev–Trinajstić information content (AvgIpc) is 2.76. The molecule has 1 aromatic rings. The van der Waals surface area contributed by atoms with Gasteiger partial charge in [-0.05, 0) is 27.2 Å². The van der Waals surface area contributed by atoms with Crippen molar-refractivity contribution in [1.82, 2.24) is 9.78 Å². The van der Waals surface area contributed by atoms with Gasteiger partial charge in [-0.15, -0.1) is 0 Å². The predicted molar refractivity (Wildman–Crippen MR) is 65.1 cm³/mol. The van der Waals surface area contributed by atoms with E-state index in [1.165, 1.54) is 0 Å². The molecule has 4 nitrogen and oxygen atoms in total. The molecule has 0 N–H and O–H groups in total. The molecule has 1 heterocycles. The topological polar surface area (TPSA) is 44.1 Å². The second-order valence-corrected chi connectivity index (χ2v) is 5.25. The molecular formula is C13H20N2O2. The summed E-state index contributed by atoms with van der Waals surface area (Å²) in [6.45, 7) is 8.15. The van der Waals surface area contributed by atoms with Crippen LogP contribution in [0.1, 0.15) is 46.6 Å². The van der Waals surface area contributed by atoms with Gasteiger partial charge in [0.2, 0.25) is 0 Å². The lowest BCUT2D eigenvalue weighted by Crippen LogP contribution is -2.54. The number of hydrogen-bond donors (Lipinski definition) is 0. The van der Waals surface area contributed by atoms with E-state index in [1.54, 1.807) is 6.20 Å². The molecule has 2 unspecified atom stereocenters. The zero-order valence-electron chi connectivity index (χ0n) is 10.9. The number of carbonyl (C=O) groups is 1. The third kappa shape index (κ3) is 1.96. The van der Waals surface area contributed by atoms with Crippen LogP contribution in [0.4, 0.5) is 0 Å². The Balaban J connectivity index is 2.04. The Morgan fingerprint density at radius 3 is 2.82 bits per heavy atom. The molecule has 0 bridgehead atoms. The Morgan fingerprint density at radius 2 is 2.35 bits per heavy atom. The molecule has 0 aliphatic heterocycles. The largest absolute Gasteiger partial charge is 0.486 e. The first-order chi connectivity index (χ1) is 7.97. The summed E-state index contributed by atoms with van der Waals surface area (Å²) in [5.74, 6) is 1.07. The lowest BCUT2D eigenvalue weighted by Gasteiger charge is -2.43. The van der Waals surface area contributed by atoms with E-state index in [9.17, 15) is 4.79 Å². The van der Waals surface area contributed by atoms with Gasteiger partial charge in [0.25, 0.3) is 0 Å². The molecule has 0 spiro atoms. The standard InChI is InChI=1S/C13H20N2O2/c1-5-13(4)11(16)6-12(13)17-10-7-14-15(8-10)9(2)3/h7-9,12H,5-6H2,1-4H3. The van der Waals surface area contributed by atoms with E-state index in [-0.39, 0.29) is 11.5 Å². The van der Waals surface area contributed by atoms with Crippen molar-refractivity contribution in [2.75, 3.05) is 0 Å². The fourth-order valence-corrected chi connectivity index (χ4v) is 2.10. The van der Waals surface area contributed by atoms with E-state index in [4.69, 9.17) is 4.74 Å². The van der Waals surface area contributed by atoms with Crippen LogP contribution in [0.3, 0.4) is 0 Å². The van der Waals surface area contributed by atoms with Gasteiger partial charge in [-0.1, -0.05) is 6.92 Å². The molecule has 1 fully saturated rings. The monoisotopic (exact) mass is 236 g/mol. The highest BCUT2D eigenvalue weighted by Crippen LogP contribution is 2.42. The molecule has 2 atom stereocenters. The summed E-state index contributed by atoms with van der Waals surface area (Å²) in [6.07, 6.45) is 4.97. The summed E-state index contributed by atoms with van der Waals surface area (Å²) in [7, 11) is 0. The van der Waals surface area contributed by atoms with Gasteiger partial charge in [0.05, 0.1) is 17.8 Å². The van der Waals surface area contributed by atoms with Crippen molar-refractivity contribution in [2.45, 2.75) is 52.7 Å². The number of ether oxygens (including phenoxy) is 1. The van der Waals surface area contributed by atoms with Crippen LogP contribution >= 0.6 is 0 Å². The molecule has 2 rings (SSSR count). The van der Waals surface area contributed by atoms with Crippen molar-refractivity contribution in [3.8, 4) is 5.75 Å². The highest BCUT2D eigenvalue weighted by molar-refractivity contribution is 5.92. The van der Waals surface area contributed by atoms with Crippen LogP contribution < -0.4 is 4.74 Å². The van der Waals surface area contributed by atoms with Crippen LogP contribution in [0, 0.1) is 5.41 Å². The minimum atomic E-state index is -0.306. The summed E-state index contributed by atoms with van der Waals surface area (Å²) in [5.41, 5.74) is -0.306. The Hall–Kier alpha value is -1.32. The fraction of sp³-hybridized carbons (Fsp3) is 0.692. The van der Waals surface area contributed by atoms with Crippen LogP contribution in [-0.2, 0) is 4.79 Å². The summed E-state index contributed by atoms with van der Waals surface area (Å²) in [5, 5.41) is 4.23. The molecule has 17 heavy (non-hydrogen) atoms. The normalized spacial score (nSPS) is 28.3. The number of carbonyl (C=O) groups excluding carboxylic acids is 1. The first-order valence-corrected chi connectivity index (χ1v) is 6.21. The van der Waals surface area contributed by atoms with E-state index < -0.39 is 0 Å². The quantitative estimate of drug-likeness (QED) is 0.807. The molecule has 94 valence electrons. The SMILES string of the molecule is CCC1(C)C(=O)CC1Oc1cnn(C(C)C)c1. The number of ketones is 1. The second kappa shape index (κ2) is 4.17. The van der Waals surface area contributed by atoms with E-state index in [1.807, 2.05) is 24.7 Å². The van der Waals surface area contributed by atoms with Gasteiger partial charge in [0, 0.05) is 12.5 Å². The molecule has 0 saturated heterocycles. The van der Waals surface area contributed by atoms with Crippen molar-refractivity contribution >= 4 is 5.78 Å². The van der Waals surface area contributed by atoms with Gasteiger partial charge >= 0.3 is 0 Å². The molecule has 4 heteroatoms. The number of nitrogens with zero attached hydrogens (tertiary/aromatic N) is 2. The van der Waals surface area contributed by atoms with E-state index >= 15 is 0 Å². The molecule has 1 aliphatic rings. The highest BCUT2D eigenvalue weighted by Gasteiger charge is 2.51. The Labute approximate surface area is 102 Å². The molecule has 1 aromatic heterocycles. The number of Topliss-reactive ketones (excluding diaryl/α,β-unsaturated/α-hetero) is 1. The maximum absolute atomic E-state index is 11.6. The van der Waals surface area contributed by atoms with Crippen LogP contribution in [0.5, 0.6) is 5.75 Å². The zero-order chi connectivity index (χ0) is 12.6. The minimum absolute atomic E-state index is 0.00446. The van der Waals surface area contributed by atoms with E-state index in [0.29, 0.717) is 18.2 Å². The van der Waals surface area contributed by atoms with Crippen LogP contribution in [0.2, 0.25) is 0 Å². The first-order valence-electron chi connectivity index (χ1n) is 6.21. The Bertz CT molecular complexity index is 425. The van der Waals surface area contributed by atoms with Crippen molar-refractivity contribution in [1.29, 1.82) is 0 Å². The molecule has 1 saturated carbocycles. The summed E-state index contributed by atoms with van der Waals surface area (Å²) >= 11 is 0. The fourth-order valence-electron chi connectivity index (χ4n) is 2.10. The van der Waals surface area contributed by atoms with Gasteiger partial charge in [-0.2, -0.15) is 5.10 Å². The van der Waals surface area contributed by atoms with Crippen molar-refractivity contribution in [2.24, 2.45) is 5.41 Å². The summed E-state index contributed by atoms with van der Waals surface area (Å²) < 4.78 is 7.71. The summed E-state index contributed by atoms with van der Waals surface area (Å²) in [4.78, 5) is 11.6. The van der Waals surface area contributed by atoms with Gasteiger partial charge in [-0.25, -0.2) is 0 Å². The highest BCUT2D eigenvalue weighted by atomic mass is 16.5. The molecular weight excluding hydrogens is 216 g/mol. The number of rotatable bonds is 4. The molecule has 0 aromatic carbocycles. The van der Waals surface area contributed by atoms with Crippen molar-refractivity contribution in [3.05, 3.63) is 12.4 Å². The zero-order valence-corrected chi connectivity index (χ0v) is 10.9. The van der Waals surface area contributed by atoms with E-state index in [0.717, 1.165) is 12.2 Å². The van der Waals surface area contributed by atoms with Crippen LogP contribution in [-0.4, -0.2) is 21.7 Å². The number of hydrogen-bond acceptors (Lipinski definition) is 3. The molecule has 0 amide bonds. The smallest absolute Gasteiger partial charge is 0.157 e. The average molecular weight is 236 g/mol. The maximum Gasteiger partial charge on any atom is 0.157 e. The third-order valence-electron chi connectivity index (χ3n) is 3.84. The Morgan fingerprint density at radius 1 is 1.65 bits per heavy atom. The third-order valence-corrected chi connectivity index (χ3v) is 3.84. The van der Waals surface area contributed by atoms with Crippen molar-refractivity contribution in [3.63, 3.8) is 0 Å². The van der Waals surface area contributed by atoms with E-state index in [2.05, 4.69) is 18.9 Å². The van der Waals surface area contributed by atoms with Gasteiger partial charge in [-0.3, -0.25) is 9.48 Å². The minimum Gasteiger partial charge on any atom is -0.486 e. The Kier molecular flexibility index (Phi) is 2.98. The lowest BCUT2D eigenvalue weighted by atomic mass is 9.64.